The van der Waals surface area contributed by atoms with Gasteiger partial charge in [0.15, 0.2) is 11.5 Å². The normalized spacial score (nSPS) is 13.8. The van der Waals surface area contributed by atoms with Crippen molar-refractivity contribution in [3.63, 3.8) is 0 Å². The summed E-state index contributed by atoms with van der Waals surface area (Å²) in [7, 11) is 0. The van der Waals surface area contributed by atoms with Gasteiger partial charge in [0, 0.05) is 10.4 Å². The van der Waals surface area contributed by atoms with Gasteiger partial charge in [-0.2, -0.15) is 0 Å². The van der Waals surface area contributed by atoms with Gasteiger partial charge in [-0.05, 0) is 66.2 Å². The number of aryl methyl sites for hydroxylation is 2. The molecule has 0 saturated heterocycles. The van der Waals surface area contributed by atoms with Crippen LogP contribution in [0.2, 0.25) is 0 Å². The van der Waals surface area contributed by atoms with E-state index in [1.54, 1.807) is 23.5 Å². The van der Waals surface area contributed by atoms with E-state index < -0.39 is 0 Å². The summed E-state index contributed by atoms with van der Waals surface area (Å²) in [5, 5.41) is 10.8. The fourth-order valence-corrected chi connectivity index (χ4v) is 4.98. The summed E-state index contributed by atoms with van der Waals surface area (Å²) in [5.41, 5.74) is 1.77. The second-order valence-electron chi connectivity index (χ2n) is 6.04. The Kier molecular flexibility index (Phi) is 4.29. The van der Waals surface area contributed by atoms with Gasteiger partial charge in [-0.15, -0.1) is 11.3 Å². The van der Waals surface area contributed by atoms with E-state index in [0.717, 1.165) is 29.5 Å². The minimum Gasteiger partial charge on any atom is -0.503 e. The first-order valence-electron chi connectivity index (χ1n) is 8.28. The number of H-pyrrole nitrogens is 1. The molecule has 0 unspecified atom stereocenters. The molecule has 0 radical (unpaired) electrons. The Balaban J connectivity index is 1.89. The third kappa shape index (κ3) is 2.85. The molecule has 1 aromatic carbocycles. The van der Waals surface area contributed by atoms with E-state index in [1.807, 2.05) is 6.92 Å². The van der Waals surface area contributed by atoms with Crippen LogP contribution >= 0.6 is 27.3 Å². The third-order valence-electron chi connectivity index (χ3n) is 4.43. The molecular formula is C18H17BrN2O3S. The molecule has 0 amide bonds. The van der Waals surface area contributed by atoms with Gasteiger partial charge in [0.1, 0.15) is 10.7 Å². The Morgan fingerprint density at radius 3 is 2.96 bits per heavy atom. The Labute approximate surface area is 156 Å². The molecule has 130 valence electrons. The number of phenols is 1. The maximum absolute atomic E-state index is 12.7. The number of ether oxygens (including phenoxy) is 1. The van der Waals surface area contributed by atoms with Crippen molar-refractivity contribution < 1.29 is 9.84 Å². The van der Waals surface area contributed by atoms with E-state index in [1.165, 1.54) is 16.9 Å². The lowest BCUT2D eigenvalue weighted by Crippen LogP contribution is -2.11. The largest absolute Gasteiger partial charge is 0.503 e. The second kappa shape index (κ2) is 6.46. The molecular weight excluding hydrogens is 404 g/mol. The van der Waals surface area contributed by atoms with E-state index in [-0.39, 0.29) is 11.3 Å². The molecule has 5 nitrogen and oxygen atoms in total. The predicted octanol–water partition coefficient (Wildman–Crippen LogP) is 4.40. The zero-order chi connectivity index (χ0) is 17.6. The van der Waals surface area contributed by atoms with Crippen LogP contribution in [0, 0.1) is 0 Å². The number of nitrogens with one attached hydrogen (secondary N) is 1. The molecule has 1 aliphatic rings. The van der Waals surface area contributed by atoms with Crippen LogP contribution in [0.5, 0.6) is 11.5 Å². The lowest BCUT2D eigenvalue weighted by atomic mass is 9.97. The topological polar surface area (TPSA) is 75.2 Å². The maximum atomic E-state index is 12.7. The zero-order valence-corrected chi connectivity index (χ0v) is 16.1. The number of hydrogen-bond donors (Lipinski definition) is 2. The molecule has 3 aromatic rings. The number of rotatable bonds is 3. The van der Waals surface area contributed by atoms with Crippen molar-refractivity contribution in [2.75, 3.05) is 6.61 Å². The quantitative estimate of drug-likeness (QED) is 0.658. The molecule has 2 aromatic heterocycles. The molecule has 4 rings (SSSR count). The second-order valence-corrected chi connectivity index (χ2v) is 7.98. The minimum atomic E-state index is -0.0958. The molecule has 0 bridgehead atoms. The standard InChI is InChI=1S/C18H17BrN2O3S/c1-2-24-12-8-9(7-11(19)15(12)22)16-20-17(23)14-10-5-3-4-6-13(10)25-18(14)21-16/h7-8,22H,2-6H2,1H3,(H,20,21,23). The molecule has 0 saturated carbocycles. The van der Waals surface area contributed by atoms with Gasteiger partial charge in [0.2, 0.25) is 0 Å². The number of phenolic OH excluding ortho intramolecular Hbond substituents is 1. The number of thiophene rings is 1. The summed E-state index contributed by atoms with van der Waals surface area (Å²) in [5.74, 6) is 0.887. The molecule has 7 heteroatoms. The minimum absolute atomic E-state index is 0.0422. The first kappa shape index (κ1) is 16.6. The Morgan fingerprint density at radius 2 is 2.16 bits per heavy atom. The predicted molar refractivity (Wildman–Crippen MR) is 103 cm³/mol. The van der Waals surface area contributed by atoms with E-state index in [9.17, 15) is 9.90 Å². The number of aromatic amines is 1. The zero-order valence-electron chi connectivity index (χ0n) is 13.7. The highest BCUT2D eigenvalue weighted by Crippen LogP contribution is 2.39. The number of benzene rings is 1. The van der Waals surface area contributed by atoms with E-state index >= 15 is 0 Å². The van der Waals surface area contributed by atoms with Gasteiger partial charge in [-0.1, -0.05) is 0 Å². The van der Waals surface area contributed by atoms with Crippen LogP contribution in [0.15, 0.2) is 21.4 Å². The molecule has 0 fully saturated rings. The molecule has 2 heterocycles. The summed E-state index contributed by atoms with van der Waals surface area (Å²) in [6.07, 6.45) is 4.29. The Hall–Kier alpha value is -1.86. The maximum Gasteiger partial charge on any atom is 0.260 e. The fourth-order valence-electron chi connectivity index (χ4n) is 3.28. The van der Waals surface area contributed by atoms with Crippen molar-refractivity contribution in [2.45, 2.75) is 32.6 Å². The SMILES string of the molecule is CCOc1cc(-c2nc3sc4c(c3c(=O)[nH]2)CCCC4)cc(Br)c1O. The first-order valence-corrected chi connectivity index (χ1v) is 9.89. The summed E-state index contributed by atoms with van der Waals surface area (Å²) in [6.45, 7) is 2.28. The third-order valence-corrected chi connectivity index (χ3v) is 6.22. The van der Waals surface area contributed by atoms with Crippen molar-refractivity contribution in [2.24, 2.45) is 0 Å². The monoisotopic (exact) mass is 420 g/mol. The van der Waals surface area contributed by atoms with E-state index in [4.69, 9.17) is 4.74 Å². The van der Waals surface area contributed by atoms with Crippen LogP contribution < -0.4 is 10.3 Å². The molecule has 0 aliphatic heterocycles. The average Bonchev–Trinajstić information content (AvgIpc) is 2.97. The summed E-state index contributed by atoms with van der Waals surface area (Å²) >= 11 is 4.95. The summed E-state index contributed by atoms with van der Waals surface area (Å²) in [6, 6.07) is 3.43. The smallest absolute Gasteiger partial charge is 0.260 e. The molecule has 0 spiro atoms. The number of fused-ring (bicyclic) bond motifs is 3. The highest BCUT2D eigenvalue weighted by atomic mass is 79.9. The lowest BCUT2D eigenvalue weighted by Gasteiger charge is -2.10. The molecule has 25 heavy (non-hydrogen) atoms. The van der Waals surface area contributed by atoms with Crippen molar-refractivity contribution in [3.05, 3.63) is 37.4 Å². The fraction of sp³-hybridized carbons (Fsp3) is 0.333. The van der Waals surface area contributed by atoms with Crippen LogP contribution in [0.3, 0.4) is 0 Å². The first-order chi connectivity index (χ1) is 12.1. The highest BCUT2D eigenvalue weighted by molar-refractivity contribution is 9.10. The molecule has 2 N–H and O–H groups in total. The molecule has 1 aliphatic carbocycles. The van der Waals surface area contributed by atoms with Gasteiger partial charge in [-0.25, -0.2) is 4.98 Å². The number of nitrogens with zero attached hydrogens (tertiary/aromatic N) is 1. The summed E-state index contributed by atoms with van der Waals surface area (Å²) < 4.78 is 5.97. The Bertz CT molecular complexity index is 1030. The number of aromatic nitrogens is 2. The van der Waals surface area contributed by atoms with Crippen LogP contribution in [-0.2, 0) is 12.8 Å². The molecule has 0 atom stereocenters. The van der Waals surface area contributed by atoms with Crippen LogP contribution in [-0.4, -0.2) is 21.7 Å². The van der Waals surface area contributed by atoms with Gasteiger partial charge in [0.25, 0.3) is 5.56 Å². The number of hydrogen-bond acceptors (Lipinski definition) is 5. The Morgan fingerprint density at radius 1 is 1.36 bits per heavy atom. The summed E-state index contributed by atoms with van der Waals surface area (Å²) in [4.78, 5) is 22.4. The lowest BCUT2D eigenvalue weighted by molar-refractivity contribution is 0.317. The van der Waals surface area contributed by atoms with Gasteiger partial charge in [-0.3, -0.25) is 4.79 Å². The van der Waals surface area contributed by atoms with Crippen LogP contribution in [0.25, 0.3) is 21.6 Å². The van der Waals surface area contributed by atoms with E-state index in [0.29, 0.717) is 28.2 Å². The van der Waals surface area contributed by atoms with Crippen molar-refractivity contribution in [3.8, 4) is 22.9 Å². The average molecular weight is 421 g/mol. The number of aromatic hydroxyl groups is 1. The van der Waals surface area contributed by atoms with Crippen LogP contribution in [0.4, 0.5) is 0 Å². The van der Waals surface area contributed by atoms with Crippen molar-refractivity contribution >= 4 is 37.5 Å². The van der Waals surface area contributed by atoms with E-state index in [2.05, 4.69) is 25.9 Å². The van der Waals surface area contributed by atoms with Crippen molar-refractivity contribution in [1.82, 2.24) is 9.97 Å². The number of halogens is 1. The van der Waals surface area contributed by atoms with Gasteiger partial charge in [0.05, 0.1) is 16.5 Å². The van der Waals surface area contributed by atoms with Crippen LogP contribution in [0.1, 0.15) is 30.2 Å². The van der Waals surface area contributed by atoms with Crippen molar-refractivity contribution in [1.29, 1.82) is 0 Å². The van der Waals surface area contributed by atoms with Gasteiger partial charge >= 0.3 is 0 Å². The highest BCUT2D eigenvalue weighted by Gasteiger charge is 2.20. The van der Waals surface area contributed by atoms with Gasteiger partial charge < -0.3 is 14.8 Å².